The molecule has 0 bridgehead atoms. The molecule has 0 N–H and O–H groups in total. The van der Waals surface area contributed by atoms with E-state index >= 15 is 0 Å². The number of rotatable bonds is 2. The predicted molar refractivity (Wildman–Crippen MR) is 16.3 cm³/mol. The Morgan fingerprint density at radius 1 is 0.900 bits per heavy atom. The van der Waals surface area contributed by atoms with Crippen molar-refractivity contribution in [3.05, 3.63) is 0 Å². The molecule has 0 rings (SSSR count). The van der Waals surface area contributed by atoms with Gasteiger partial charge in [-0.1, -0.05) is 0 Å². The molecule has 0 aromatic carbocycles. The summed E-state index contributed by atoms with van der Waals surface area (Å²) in [6, 6.07) is 0. The Kier molecular flexibility index (Phi) is 5.31. The SMILES string of the molecule is O=P([O-])([O-])OP(=O)([O-])[O-].[Cu]. The standard InChI is InChI=1S/Cu.H4O7P2/c;1-8(2,3)7-9(4,5)6/h;(H2,1,2,3)(H2,4,5,6)/p-4. The molecule has 10 heteroatoms. The monoisotopic (exact) mass is 237 g/mol. The van der Waals surface area contributed by atoms with Crippen molar-refractivity contribution < 1.29 is 50.1 Å². The summed E-state index contributed by atoms with van der Waals surface area (Å²) in [5, 5.41) is 0. The van der Waals surface area contributed by atoms with Crippen LogP contribution in [0.1, 0.15) is 0 Å². The van der Waals surface area contributed by atoms with Crippen molar-refractivity contribution in [3.8, 4) is 0 Å². The van der Waals surface area contributed by atoms with Gasteiger partial charge in [-0.15, -0.1) is 0 Å². The largest absolute Gasteiger partial charge is 0.790 e. The van der Waals surface area contributed by atoms with Crippen LogP contribution in [-0.2, 0) is 30.5 Å². The molecule has 0 fully saturated rings. The van der Waals surface area contributed by atoms with E-state index < -0.39 is 15.6 Å². The zero-order valence-corrected chi connectivity index (χ0v) is 6.78. The molecule has 0 aliphatic rings. The van der Waals surface area contributed by atoms with Gasteiger partial charge >= 0.3 is 0 Å². The van der Waals surface area contributed by atoms with Crippen molar-refractivity contribution in [2.24, 2.45) is 0 Å². The average Bonchev–Trinajstić information content (AvgIpc) is 1.14. The average molecular weight is 237 g/mol. The van der Waals surface area contributed by atoms with Gasteiger partial charge in [0, 0.05) is 17.1 Å². The van der Waals surface area contributed by atoms with Crippen LogP contribution in [0.2, 0.25) is 0 Å². The van der Waals surface area contributed by atoms with Crippen molar-refractivity contribution in [1.29, 1.82) is 0 Å². The Bertz CT molecular complexity index is 152. The summed E-state index contributed by atoms with van der Waals surface area (Å²) in [5.41, 5.74) is 0. The van der Waals surface area contributed by atoms with Gasteiger partial charge < -0.3 is 33.0 Å². The molecule has 0 heterocycles. The number of phosphoric acid groups is 2. The Labute approximate surface area is 66.4 Å². The first-order valence-corrected chi connectivity index (χ1v) is 4.38. The van der Waals surface area contributed by atoms with E-state index in [1.807, 2.05) is 0 Å². The molecular formula is CuO7P2-4. The first-order chi connectivity index (χ1) is 3.71. The molecule has 0 saturated carbocycles. The summed E-state index contributed by atoms with van der Waals surface area (Å²) in [7, 11) is -11.4. The smallest absolute Gasteiger partial charge is 0.0655 e. The van der Waals surface area contributed by atoms with E-state index in [0.717, 1.165) is 0 Å². The second-order valence-corrected chi connectivity index (χ2v) is 3.42. The third-order valence-electron chi connectivity index (χ3n) is 0.200. The van der Waals surface area contributed by atoms with Crippen LogP contribution in [0, 0.1) is 0 Å². The normalized spacial score (nSPS) is 12.4. The van der Waals surface area contributed by atoms with E-state index in [9.17, 15) is 28.7 Å². The van der Waals surface area contributed by atoms with E-state index in [4.69, 9.17) is 0 Å². The van der Waals surface area contributed by atoms with E-state index in [2.05, 4.69) is 4.31 Å². The number of hydrogen-bond acceptors (Lipinski definition) is 7. The van der Waals surface area contributed by atoms with E-state index in [-0.39, 0.29) is 17.1 Å². The Balaban J connectivity index is 0. The fraction of sp³-hybridized carbons (Fsp3) is 0. The van der Waals surface area contributed by atoms with Crippen molar-refractivity contribution in [2.75, 3.05) is 0 Å². The predicted octanol–water partition coefficient (Wildman–Crippen LogP) is -3.34. The molecule has 1 radical (unpaired) electrons. The Morgan fingerprint density at radius 3 is 1.10 bits per heavy atom. The minimum absolute atomic E-state index is 0. The third kappa shape index (κ3) is 11.6. The summed E-state index contributed by atoms with van der Waals surface area (Å²) in [4.78, 5) is 37.3. The summed E-state index contributed by atoms with van der Waals surface area (Å²) < 4.78 is 21.2. The van der Waals surface area contributed by atoms with Gasteiger partial charge in [0.05, 0.1) is 15.6 Å². The topological polar surface area (TPSA) is 136 Å². The maximum atomic E-state index is 9.32. The molecule has 0 atom stereocenters. The summed E-state index contributed by atoms with van der Waals surface area (Å²) in [6.45, 7) is 0. The van der Waals surface area contributed by atoms with Gasteiger partial charge in [-0.2, -0.15) is 0 Å². The van der Waals surface area contributed by atoms with Crippen LogP contribution in [0.25, 0.3) is 0 Å². The van der Waals surface area contributed by atoms with Gasteiger partial charge in [-0.05, 0) is 0 Å². The molecule has 7 nitrogen and oxygen atoms in total. The fourth-order valence-corrected chi connectivity index (χ4v) is 1.10. The van der Waals surface area contributed by atoms with Crippen molar-refractivity contribution in [3.63, 3.8) is 0 Å². The second-order valence-electron chi connectivity index (χ2n) is 0.976. The summed E-state index contributed by atoms with van der Waals surface area (Å²) >= 11 is 0. The molecule has 0 spiro atoms. The van der Waals surface area contributed by atoms with Crippen LogP contribution in [0.15, 0.2) is 0 Å². The van der Waals surface area contributed by atoms with Gasteiger partial charge in [0.1, 0.15) is 0 Å². The molecule has 0 amide bonds. The van der Waals surface area contributed by atoms with Gasteiger partial charge in [0.25, 0.3) is 0 Å². The van der Waals surface area contributed by atoms with Crippen molar-refractivity contribution in [2.45, 2.75) is 0 Å². The van der Waals surface area contributed by atoms with Gasteiger partial charge in [-0.3, -0.25) is 0 Å². The molecule has 10 heavy (non-hydrogen) atoms. The van der Waals surface area contributed by atoms with Crippen molar-refractivity contribution >= 4 is 15.6 Å². The summed E-state index contributed by atoms with van der Waals surface area (Å²) in [5.74, 6) is 0. The van der Waals surface area contributed by atoms with Crippen LogP contribution >= 0.6 is 15.6 Å². The first kappa shape index (κ1) is 13.4. The maximum Gasteiger partial charge on any atom is 0.0655 e. The Morgan fingerprint density at radius 2 is 1.10 bits per heavy atom. The van der Waals surface area contributed by atoms with Crippen LogP contribution < -0.4 is 19.6 Å². The molecule has 67 valence electrons. The second kappa shape index (κ2) is 3.97. The van der Waals surface area contributed by atoms with Crippen LogP contribution in [-0.4, -0.2) is 0 Å². The van der Waals surface area contributed by atoms with E-state index in [1.165, 1.54) is 0 Å². The molecule has 0 aliphatic heterocycles. The van der Waals surface area contributed by atoms with Crippen LogP contribution in [0.5, 0.6) is 0 Å². The third-order valence-corrected chi connectivity index (χ3v) is 1.80. The quantitative estimate of drug-likeness (QED) is 0.362. The number of hydrogen-bond donors (Lipinski definition) is 0. The van der Waals surface area contributed by atoms with Crippen LogP contribution in [0.3, 0.4) is 0 Å². The minimum Gasteiger partial charge on any atom is -0.790 e. The molecule has 0 aliphatic carbocycles. The molecule has 0 saturated heterocycles. The van der Waals surface area contributed by atoms with Crippen molar-refractivity contribution in [1.82, 2.24) is 0 Å². The maximum absolute atomic E-state index is 9.32. The first-order valence-electron chi connectivity index (χ1n) is 1.46. The molecule has 0 aromatic heterocycles. The van der Waals surface area contributed by atoms with E-state index in [0.29, 0.717) is 0 Å². The zero-order chi connectivity index (χ0) is 7.71. The molecular weight excluding hydrogens is 237 g/mol. The summed E-state index contributed by atoms with van der Waals surface area (Å²) in [6.07, 6.45) is 0. The zero-order valence-electron chi connectivity index (χ0n) is 4.05. The van der Waals surface area contributed by atoms with Crippen LogP contribution in [0.4, 0.5) is 0 Å². The van der Waals surface area contributed by atoms with E-state index in [1.54, 1.807) is 0 Å². The Hall–Kier alpha value is 0.779. The van der Waals surface area contributed by atoms with Gasteiger partial charge in [0.15, 0.2) is 0 Å². The fourth-order valence-electron chi connectivity index (χ4n) is 0.122. The molecule has 0 aromatic rings. The van der Waals surface area contributed by atoms with Gasteiger partial charge in [0.2, 0.25) is 0 Å². The van der Waals surface area contributed by atoms with Gasteiger partial charge in [-0.25, -0.2) is 0 Å². The molecule has 0 unspecified atom stereocenters. The minimum atomic E-state index is -5.68.